The smallest absolute Gasteiger partial charge is 0.243 e. The van der Waals surface area contributed by atoms with Gasteiger partial charge in [-0.05, 0) is 30.5 Å². The van der Waals surface area contributed by atoms with Crippen molar-refractivity contribution in [2.75, 3.05) is 26.2 Å². The van der Waals surface area contributed by atoms with Gasteiger partial charge in [0, 0.05) is 32.6 Å². The molecule has 1 heterocycles. The van der Waals surface area contributed by atoms with Crippen LogP contribution in [0.15, 0.2) is 29.2 Å². The van der Waals surface area contributed by atoms with Gasteiger partial charge in [-0.1, -0.05) is 32.4 Å². The lowest BCUT2D eigenvalue weighted by atomic mass is 10.2. The molecular formula is C17H26N2O3S. The SMILES string of the molecule is CCCCC(=O)N1CCN(S(=O)(=O)c2ccc(CC)cc2)CC1. The molecule has 0 atom stereocenters. The highest BCUT2D eigenvalue weighted by Gasteiger charge is 2.29. The lowest BCUT2D eigenvalue weighted by molar-refractivity contribution is -0.132. The Morgan fingerprint density at radius 2 is 1.65 bits per heavy atom. The fourth-order valence-corrected chi connectivity index (χ4v) is 4.13. The second-order valence-electron chi connectivity index (χ2n) is 5.89. The Labute approximate surface area is 139 Å². The Bertz CT molecular complexity index is 618. The summed E-state index contributed by atoms with van der Waals surface area (Å²) < 4.78 is 26.8. The van der Waals surface area contributed by atoms with Crippen LogP contribution in [0.25, 0.3) is 0 Å². The zero-order valence-corrected chi connectivity index (χ0v) is 14.8. The molecule has 128 valence electrons. The van der Waals surface area contributed by atoms with Crippen molar-refractivity contribution in [3.8, 4) is 0 Å². The molecule has 1 amide bonds. The molecule has 0 N–H and O–H groups in total. The normalized spacial score (nSPS) is 16.5. The number of carbonyl (C=O) groups excluding carboxylic acids is 1. The van der Waals surface area contributed by atoms with Crippen LogP contribution in [-0.4, -0.2) is 49.7 Å². The first-order chi connectivity index (χ1) is 11.0. The molecule has 0 bridgehead atoms. The van der Waals surface area contributed by atoms with Crippen LogP contribution < -0.4 is 0 Å². The van der Waals surface area contributed by atoms with Crippen LogP contribution in [-0.2, 0) is 21.2 Å². The largest absolute Gasteiger partial charge is 0.340 e. The van der Waals surface area contributed by atoms with Crippen molar-refractivity contribution in [1.29, 1.82) is 0 Å². The molecular weight excluding hydrogens is 312 g/mol. The van der Waals surface area contributed by atoms with Gasteiger partial charge in [0.25, 0.3) is 0 Å². The van der Waals surface area contributed by atoms with Gasteiger partial charge < -0.3 is 4.90 Å². The lowest BCUT2D eigenvalue weighted by Crippen LogP contribution is -2.50. The Kier molecular flexibility index (Phi) is 6.18. The third-order valence-corrected chi connectivity index (χ3v) is 6.22. The quantitative estimate of drug-likeness (QED) is 0.799. The molecule has 0 aliphatic carbocycles. The molecule has 2 rings (SSSR count). The second kappa shape index (κ2) is 7.93. The van der Waals surface area contributed by atoms with Gasteiger partial charge in [0.2, 0.25) is 15.9 Å². The highest BCUT2D eigenvalue weighted by Crippen LogP contribution is 2.19. The van der Waals surface area contributed by atoms with Crippen molar-refractivity contribution in [3.63, 3.8) is 0 Å². The molecule has 1 saturated heterocycles. The summed E-state index contributed by atoms with van der Waals surface area (Å²) in [5, 5.41) is 0. The molecule has 0 unspecified atom stereocenters. The van der Waals surface area contributed by atoms with E-state index in [-0.39, 0.29) is 5.91 Å². The summed E-state index contributed by atoms with van der Waals surface area (Å²) >= 11 is 0. The molecule has 5 nitrogen and oxygen atoms in total. The first kappa shape index (κ1) is 17.9. The van der Waals surface area contributed by atoms with Crippen LogP contribution in [0.4, 0.5) is 0 Å². The molecule has 1 aliphatic rings. The summed E-state index contributed by atoms with van der Waals surface area (Å²) in [6.07, 6.45) is 3.33. The van der Waals surface area contributed by atoms with E-state index in [4.69, 9.17) is 0 Å². The number of unbranched alkanes of at least 4 members (excludes halogenated alkanes) is 1. The van der Waals surface area contributed by atoms with Crippen LogP contribution in [0.5, 0.6) is 0 Å². The van der Waals surface area contributed by atoms with Crippen molar-refractivity contribution in [1.82, 2.24) is 9.21 Å². The minimum atomic E-state index is -3.46. The number of hydrogen-bond donors (Lipinski definition) is 0. The predicted octanol–water partition coefficient (Wildman–Crippen LogP) is 2.27. The summed E-state index contributed by atoms with van der Waals surface area (Å²) in [5.41, 5.74) is 1.12. The van der Waals surface area contributed by atoms with Gasteiger partial charge >= 0.3 is 0 Å². The van der Waals surface area contributed by atoms with Gasteiger partial charge in [0.1, 0.15) is 0 Å². The van der Waals surface area contributed by atoms with E-state index in [0.29, 0.717) is 37.5 Å². The van der Waals surface area contributed by atoms with E-state index in [0.717, 1.165) is 24.8 Å². The fraction of sp³-hybridized carbons (Fsp3) is 0.588. The van der Waals surface area contributed by atoms with Crippen LogP contribution >= 0.6 is 0 Å². The standard InChI is InChI=1S/C17H26N2O3S/c1-3-5-6-17(20)18-11-13-19(14-12-18)23(21,22)16-9-7-15(4-2)8-10-16/h7-10H,3-6,11-14H2,1-2H3. The van der Waals surface area contributed by atoms with Gasteiger partial charge in [-0.25, -0.2) is 8.42 Å². The maximum atomic E-state index is 12.7. The number of rotatable bonds is 6. The molecule has 23 heavy (non-hydrogen) atoms. The lowest BCUT2D eigenvalue weighted by Gasteiger charge is -2.34. The highest BCUT2D eigenvalue weighted by atomic mass is 32.2. The van der Waals surface area contributed by atoms with Crippen molar-refractivity contribution in [2.45, 2.75) is 44.4 Å². The Morgan fingerprint density at radius 1 is 1.04 bits per heavy atom. The van der Waals surface area contributed by atoms with Crippen molar-refractivity contribution >= 4 is 15.9 Å². The summed E-state index contributed by atoms with van der Waals surface area (Å²) in [4.78, 5) is 14.1. The van der Waals surface area contributed by atoms with E-state index in [2.05, 4.69) is 6.92 Å². The molecule has 0 saturated carbocycles. The first-order valence-corrected chi connectivity index (χ1v) is 9.80. The maximum absolute atomic E-state index is 12.7. The molecule has 1 aliphatic heterocycles. The van der Waals surface area contributed by atoms with E-state index in [1.54, 1.807) is 17.0 Å². The van der Waals surface area contributed by atoms with E-state index in [1.165, 1.54) is 4.31 Å². The molecule has 1 aromatic carbocycles. The fourth-order valence-electron chi connectivity index (χ4n) is 2.71. The zero-order valence-electron chi connectivity index (χ0n) is 14.0. The summed E-state index contributed by atoms with van der Waals surface area (Å²) in [6.45, 7) is 5.80. The third-order valence-electron chi connectivity index (χ3n) is 4.30. The number of carbonyl (C=O) groups is 1. The zero-order chi connectivity index (χ0) is 16.9. The Hall–Kier alpha value is -1.40. The summed E-state index contributed by atoms with van der Waals surface area (Å²) in [7, 11) is -3.46. The van der Waals surface area contributed by atoms with E-state index in [1.807, 2.05) is 19.1 Å². The van der Waals surface area contributed by atoms with Crippen LogP contribution in [0.3, 0.4) is 0 Å². The minimum absolute atomic E-state index is 0.135. The van der Waals surface area contributed by atoms with Gasteiger partial charge in [0.05, 0.1) is 4.90 Å². The van der Waals surface area contributed by atoms with Crippen LogP contribution in [0.1, 0.15) is 38.7 Å². The van der Waals surface area contributed by atoms with Crippen molar-refractivity contribution in [2.24, 2.45) is 0 Å². The average Bonchev–Trinajstić information content (AvgIpc) is 2.59. The molecule has 0 radical (unpaired) electrons. The first-order valence-electron chi connectivity index (χ1n) is 8.36. The maximum Gasteiger partial charge on any atom is 0.243 e. The van der Waals surface area contributed by atoms with Gasteiger partial charge in [0.15, 0.2) is 0 Å². The van der Waals surface area contributed by atoms with Gasteiger partial charge in [-0.3, -0.25) is 4.79 Å². The van der Waals surface area contributed by atoms with E-state index < -0.39 is 10.0 Å². The average molecular weight is 338 g/mol. The number of amides is 1. The number of nitrogens with zero attached hydrogens (tertiary/aromatic N) is 2. The Morgan fingerprint density at radius 3 is 2.17 bits per heavy atom. The van der Waals surface area contributed by atoms with E-state index in [9.17, 15) is 13.2 Å². The predicted molar refractivity (Wildman–Crippen MR) is 90.7 cm³/mol. The van der Waals surface area contributed by atoms with E-state index >= 15 is 0 Å². The van der Waals surface area contributed by atoms with Gasteiger partial charge in [-0.15, -0.1) is 0 Å². The highest BCUT2D eigenvalue weighted by molar-refractivity contribution is 7.89. The van der Waals surface area contributed by atoms with Crippen molar-refractivity contribution in [3.05, 3.63) is 29.8 Å². The molecule has 6 heteroatoms. The molecule has 1 fully saturated rings. The number of benzene rings is 1. The topological polar surface area (TPSA) is 57.7 Å². The third kappa shape index (κ3) is 4.32. The Balaban J connectivity index is 1.99. The number of aryl methyl sites for hydroxylation is 1. The van der Waals surface area contributed by atoms with Crippen molar-refractivity contribution < 1.29 is 13.2 Å². The molecule has 1 aromatic rings. The number of sulfonamides is 1. The summed E-state index contributed by atoms with van der Waals surface area (Å²) in [6, 6.07) is 7.06. The molecule has 0 spiro atoms. The van der Waals surface area contributed by atoms with Gasteiger partial charge in [-0.2, -0.15) is 4.31 Å². The minimum Gasteiger partial charge on any atom is -0.340 e. The number of hydrogen-bond acceptors (Lipinski definition) is 3. The number of piperazine rings is 1. The van der Waals surface area contributed by atoms with Crippen LogP contribution in [0.2, 0.25) is 0 Å². The monoisotopic (exact) mass is 338 g/mol. The second-order valence-corrected chi connectivity index (χ2v) is 7.82. The summed E-state index contributed by atoms with van der Waals surface area (Å²) in [5.74, 6) is 0.135. The molecule has 0 aromatic heterocycles. The van der Waals surface area contributed by atoms with Crippen LogP contribution in [0, 0.1) is 0 Å².